The average molecular weight is 679 g/mol. The summed E-state index contributed by atoms with van der Waals surface area (Å²) in [5.41, 5.74) is 3.89. The van der Waals surface area contributed by atoms with Gasteiger partial charge in [-0.05, 0) is 99.1 Å². The van der Waals surface area contributed by atoms with Gasteiger partial charge in [-0.15, -0.1) is 0 Å². The van der Waals surface area contributed by atoms with Gasteiger partial charge in [0.05, 0.1) is 13.7 Å². The first-order chi connectivity index (χ1) is 16.4. The third kappa shape index (κ3) is 5.84. The van der Waals surface area contributed by atoms with Crippen molar-refractivity contribution in [3.63, 3.8) is 0 Å². The van der Waals surface area contributed by atoms with Crippen molar-refractivity contribution in [3.05, 3.63) is 90.7 Å². The lowest BCUT2D eigenvalue weighted by Crippen LogP contribution is -2.15. The van der Waals surface area contributed by atoms with E-state index in [0.717, 1.165) is 29.4 Å². The van der Waals surface area contributed by atoms with Crippen LogP contribution in [-0.4, -0.2) is 31.1 Å². The summed E-state index contributed by atoms with van der Waals surface area (Å²) < 4.78 is 17.5. The van der Waals surface area contributed by atoms with Gasteiger partial charge in [-0.25, -0.2) is 14.6 Å². The lowest BCUT2D eigenvalue weighted by Gasteiger charge is -2.11. The minimum atomic E-state index is -0.505. The maximum Gasteiger partial charge on any atom is 0.363 e. The molecule has 0 unspecified atom stereocenters. The van der Waals surface area contributed by atoms with Crippen molar-refractivity contribution in [2.24, 2.45) is 4.99 Å². The van der Waals surface area contributed by atoms with Gasteiger partial charge in [0, 0.05) is 5.56 Å². The van der Waals surface area contributed by atoms with Gasteiger partial charge in [0.1, 0.15) is 5.75 Å². The van der Waals surface area contributed by atoms with Crippen molar-refractivity contribution < 1.29 is 23.8 Å². The second kappa shape index (κ2) is 11.1. The van der Waals surface area contributed by atoms with E-state index in [1.807, 2.05) is 66.7 Å². The van der Waals surface area contributed by atoms with E-state index in [-0.39, 0.29) is 18.2 Å². The van der Waals surface area contributed by atoms with E-state index in [4.69, 9.17) is 14.2 Å². The highest BCUT2D eigenvalue weighted by molar-refractivity contribution is 14.1. The Balaban J connectivity index is 1.52. The topological polar surface area (TPSA) is 74.2 Å². The van der Waals surface area contributed by atoms with Crippen LogP contribution in [-0.2, 0) is 19.1 Å². The molecule has 0 atom stereocenters. The summed E-state index contributed by atoms with van der Waals surface area (Å²) in [4.78, 5) is 28.4. The number of rotatable bonds is 7. The molecular weight excluding hydrogens is 660 g/mol. The van der Waals surface area contributed by atoms with Gasteiger partial charge in [0.2, 0.25) is 5.90 Å². The smallest absolute Gasteiger partial charge is 0.363 e. The summed E-state index contributed by atoms with van der Waals surface area (Å²) in [6.07, 6.45) is 1.67. The summed E-state index contributed by atoms with van der Waals surface area (Å²) >= 11 is 4.26. The Hall–Kier alpha value is -2.73. The normalized spacial score (nSPS) is 14.0. The lowest BCUT2D eigenvalue weighted by atomic mass is 10.0. The molecule has 0 aliphatic carbocycles. The highest BCUT2D eigenvalue weighted by Crippen LogP contribution is 2.31. The van der Waals surface area contributed by atoms with Gasteiger partial charge in [0.15, 0.2) is 12.3 Å². The number of cyclic esters (lactones) is 1. The molecule has 6 nitrogen and oxygen atoms in total. The fourth-order valence-corrected chi connectivity index (χ4v) is 5.39. The zero-order valence-electron chi connectivity index (χ0n) is 18.1. The number of benzene rings is 3. The first-order valence-corrected chi connectivity index (χ1v) is 12.6. The van der Waals surface area contributed by atoms with Crippen LogP contribution < -0.4 is 4.74 Å². The van der Waals surface area contributed by atoms with Crippen LogP contribution in [0, 0.1) is 7.14 Å². The van der Waals surface area contributed by atoms with E-state index >= 15 is 0 Å². The molecule has 0 N–H and O–H groups in total. The Morgan fingerprint density at radius 2 is 1.59 bits per heavy atom. The van der Waals surface area contributed by atoms with E-state index < -0.39 is 11.9 Å². The quantitative estimate of drug-likeness (QED) is 0.178. The SMILES string of the molecule is CCOC(=O)COc1c(I)cc(/C=C2\N=C(c3ccc(-c4ccccc4)cc3)OC2=O)cc1I. The van der Waals surface area contributed by atoms with Gasteiger partial charge < -0.3 is 14.2 Å². The third-order valence-electron chi connectivity index (χ3n) is 4.82. The summed E-state index contributed by atoms with van der Waals surface area (Å²) in [6.45, 7) is 1.89. The van der Waals surface area contributed by atoms with Crippen molar-refractivity contribution in [2.75, 3.05) is 13.2 Å². The molecular formula is C26H19I2NO5. The van der Waals surface area contributed by atoms with Crippen LogP contribution in [0.25, 0.3) is 17.2 Å². The predicted octanol–water partition coefficient (Wildman–Crippen LogP) is 5.85. The highest BCUT2D eigenvalue weighted by Gasteiger charge is 2.24. The maximum atomic E-state index is 12.4. The molecule has 1 aliphatic rings. The Bertz CT molecular complexity index is 1260. The molecule has 0 saturated carbocycles. The largest absolute Gasteiger partial charge is 0.480 e. The van der Waals surface area contributed by atoms with Crippen molar-refractivity contribution >= 4 is 69.1 Å². The van der Waals surface area contributed by atoms with Gasteiger partial charge in [-0.2, -0.15) is 0 Å². The van der Waals surface area contributed by atoms with E-state index in [9.17, 15) is 9.59 Å². The van der Waals surface area contributed by atoms with E-state index in [1.54, 1.807) is 13.0 Å². The predicted molar refractivity (Wildman–Crippen MR) is 146 cm³/mol. The number of aliphatic imine (C=N–C) groups is 1. The number of hydrogen-bond acceptors (Lipinski definition) is 6. The minimum absolute atomic E-state index is 0.163. The molecule has 3 aromatic carbocycles. The molecule has 0 aromatic heterocycles. The molecule has 0 amide bonds. The fourth-order valence-electron chi connectivity index (χ4n) is 3.26. The van der Waals surface area contributed by atoms with Gasteiger partial charge in [-0.3, -0.25) is 0 Å². The fraction of sp³-hybridized carbons (Fsp3) is 0.115. The van der Waals surface area contributed by atoms with Crippen molar-refractivity contribution in [2.45, 2.75) is 6.92 Å². The molecule has 4 rings (SSSR count). The molecule has 0 bridgehead atoms. The molecule has 1 aliphatic heterocycles. The number of carbonyl (C=O) groups excluding carboxylic acids is 2. The van der Waals surface area contributed by atoms with Crippen molar-refractivity contribution in [1.29, 1.82) is 0 Å². The zero-order valence-corrected chi connectivity index (χ0v) is 22.4. The van der Waals surface area contributed by atoms with Crippen LogP contribution >= 0.6 is 45.2 Å². The number of ether oxygens (including phenoxy) is 3. The van der Waals surface area contributed by atoms with Crippen LogP contribution in [0.5, 0.6) is 5.75 Å². The molecule has 0 spiro atoms. The van der Waals surface area contributed by atoms with E-state index in [2.05, 4.69) is 50.2 Å². The average Bonchev–Trinajstić information content (AvgIpc) is 3.19. The van der Waals surface area contributed by atoms with E-state index in [1.165, 1.54) is 0 Å². The second-order valence-corrected chi connectivity index (χ2v) is 9.51. The number of esters is 2. The summed E-state index contributed by atoms with van der Waals surface area (Å²) in [5.74, 6) is -0.0646. The molecule has 0 saturated heterocycles. The minimum Gasteiger partial charge on any atom is -0.480 e. The number of halogens is 2. The van der Waals surface area contributed by atoms with Gasteiger partial charge in [0.25, 0.3) is 0 Å². The highest BCUT2D eigenvalue weighted by atomic mass is 127. The first kappa shape index (κ1) is 24.4. The number of hydrogen-bond donors (Lipinski definition) is 0. The van der Waals surface area contributed by atoms with Crippen LogP contribution in [0.15, 0.2) is 77.4 Å². The third-order valence-corrected chi connectivity index (χ3v) is 6.43. The second-order valence-electron chi connectivity index (χ2n) is 7.19. The Kier molecular flexibility index (Phi) is 7.99. The Morgan fingerprint density at radius 3 is 2.24 bits per heavy atom. The van der Waals surface area contributed by atoms with Gasteiger partial charge in [-0.1, -0.05) is 42.5 Å². The maximum absolute atomic E-state index is 12.4. The Labute approximate surface area is 224 Å². The summed E-state index contributed by atoms with van der Waals surface area (Å²) in [5, 5.41) is 0. The molecule has 8 heteroatoms. The molecule has 172 valence electrons. The lowest BCUT2D eigenvalue weighted by molar-refractivity contribution is -0.145. The van der Waals surface area contributed by atoms with Crippen LogP contribution in [0.1, 0.15) is 18.1 Å². The van der Waals surface area contributed by atoms with Crippen molar-refractivity contribution in [1.82, 2.24) is 0 Å². The standard InChI is InChI=1S/C26H19I2NO5/c1-2-32-23(30)15-33-24-20(27)12-16(13-21(24)28)14-22-26(31)34-25(29-22)19-10-8-18(9-11-19)17-6-4-3-5-7-17/h3-14H,2,15H2,1H3/b22-14-. The summed E-state index contributed by atoms with van der Waals surface area (Å²) in [7, 11) is 0. The van der Waals surface area contributed by atoms with Gasteiger partial charge >= 0.3 is 11.9 Å². The molecule has 34 heavy (non-hydrogen) atoms. The molecule has 0 fully saturated rings. The van der Waals surface area contributed by atoms with Crippen LogP contribution in [0.2, 0.25) is 0 Å². The number of carbonyl (C=O) groups is 2. The van der Waals surface area contributed by atoms with Crippen LogP contribution in [0.4, 0.5) is 0 Å². The van der Waals surface area contributed by atoms with Crippen LogP contribution in [0.3, 0.4) is 0 Å². The number of nitrogens with zero attached hydrogens (tertiary/aromatic N) is 1. The molecule has 0 radical (unpaired) electrons. The van der Waals surface area contributed by atoms with E-state index in [0.29, 0.717) is 12.4 Å². The molecule has 1 heterocycles. The monoisotopic (exact) mass is 679 g/mol. The Morgan fingerprint density at radius 1 is 0.971 bits per heavy atom. The zero-order chi connectivity index (χ0) is 24.1. The van der Waals surface area contributed by atoms with Crippen molar-refractivity contribution in [3.8, 4) is 16.9 Å². The molecule has 3 aromatic rings. The first-order valence-electron chi connectivity index (χ1n) is 10.4. The summed E-state index contributed by atoms with van der Waals surface area (Å²) in [6, 6.07) is 21.5.